The van der Waals surface area contributed by atoms with Crippen LogP contribution in [0.15, 0.2) is 30.3 Å². The predicted molar refractivity (Wildman–Crippen MR) is 70.6 cm³/mol. The monoisotopic (exact) mass is 251 g/mol. The summed E-state index contributed by atoms with van der Waals surface area (Å²) in [6, 6.07) is 9.27. The third kappa shape index (κ3) is 4.85. The summed E-state index contributed by atoms with van der Waals surface area (Å²) in [6.07, 6.45) is 0.230. The van der Waals surface area contributed by atoms with Crippen molar-refractivity contribution in [1.29, 1.82) is 0 Å². The first-order chi connectivity index (χ1) is 8.50. The molecule has 0 aliphatic heterocycles. The van der Waals surface area contributed by atoms with E-state index in [0.29, 0.717) is 13.0 Å². The zero-order valence-electron chi connectivity index (χ0n) is 10.8. The SMILES string of the molecule is CC(O)CC(C)NCC(C(=O)O)c1ccccc1. The third-order valence-corrected chi connectivity index (χ3v) is 2.87. The smallest absolute Gasteiger partial charge is 0.312 e. The zero-order valence-corrected chi connectivity index (χ0v) is 10.8. The molecular formula is C14H21NO3. The maximum atomic E-state index is 11.2. The molecule has 1 rings (SSSR count). The highest BCUT2D eigenvalue weighted by atomic mass is 16.4. The van der Waals surface area contributed by atoms with Gasteiger partial charge in [-0.2, -0.15) is 0 Å². The van der Waals surface area contributed by atoms with Gasteiger partial charge in [0.05, 0.1) is 12.0 Å². The van der Waals surface area contributed by atoms with Gasteiger partial charge in [-0.05, 0) is 25.8 Å². The van der Waals surface area contributed by atoms with E-state index in [1.165, 1.54) is 0 Å². The van der Waals surface area contributed by atoms with Gasteiger partial charge in [-0.15, -0.1) is 0 Å². The van der Waals surface area contributed by atoms with Crippen LogP contribution in [0.1, 0.15) is 31.7 Å². The second-order valence-electron chi connectivity index (χ2n) is 4.70. The number of carboxylic acids is 1. The maximum Gasteiger partial charge on any atom is 0.312 e. The largest absolute Gasteiger partial charge is 0.481 e. The average molecular weight is 251 g/mol. The van der Waals surface area contributed by atoms with Gasteiger partial charge in [-0.1, -0.05) is 30.3 Å². The van der Waals surface area contributed by atoms with E-state index in [2.05, 4.69) is 5.32 Å². The van der Waals surface area contributed by atoms with Crippen molar-refractivity contribution in [3.05, 3.63) is 35.9 Å². The Kier molecular flexibility index (Phi) is 5.82. The summed E-state index contributed by atoms with van der Waals surface area (Å²) in [5.41, 5.74) is 0.793. The fourth-order valence-electron chi connectivity index (χ4n) is 1.95. The summed E-state index contributed by atoms with van der Waals surface area (Å²) in [7, 11) is 0. The molecular weight excluding hydrogens is 230 g/mol. The Balaban J connectivity index is 2.57. The Morgan fingerprint density at radius 3 is 2.39 bits per heavy atom. The van der Waals surface area contributed by atoms with Crippen molar-refractivity contribution in [2.45, 2.75) is 38.3 Å². The summed E-state index contributed by atoms with van der Waals surface area (Å²) < 4.78 is 0. The molecule has 18 heavy (non-hydrogen) atoms. The number of nitrogens with one attached hydrogen (secondary N) is 1. The minimum absolute atomic E-state index is 0.0931. The number of rotatable bonds is 7. The molecule has 4 nitrogen and oxygen atoms in total. The molecule has 0 radical (unpaired) electrons. The summed E-state index contributed by atoms with van der Waals surface area (Å²) in [4.78, 5) is 11.2. The normalized spacial score (nSPS) is 15.9. The molecule has 3 N–H and O–H groups in total. The first kappa shape index (κ1) is 14.7. The van der Waals surface area contributed by atoms with Crippen molar-refractivity contribution in [3.8, 4) is 0 Å². The van der Waals surface area contributed by atoms with Gasteiger partial charge in [-0.3, -0.25) is 4.79 Å². The first-order valence-corrected chi connectivity index (χ1v) is 6.20. The predicted octanol–water partition coefficient (Wildman–Crippen LogP) is 1.60. The second-order valence-corrected chi connectivity index (χ2v) is 4.70. The Morgan fingerprint density at radius 2 is 1.89 bits per heavy atom. The third-order valence-electron chi connectivity index (χ3n) is 2.87. The van der Waals surface area contributed by atoms with Crippen LogP contribution < -0.4 is 5.32 Å². The Hall–Kier alpha value is -1.39. The lowest BCUT2D eigenvalue weighted by Crippen LogP contribution is -2.35. The van der Waals surface area contributed by atoms with Crippen molar-refractivity contribution in [1.82, 2.24) is 5.32 Å². The number of benzene rings is 1. The Bertz CT molecular complexity index is 365. The molecule has 3 unspecified atom stereocenters. The van der Waals surface area contributed by atoms with Gasteiger partial charge in [0.15, 0.2) is 0 Å². The molecule has 4 heteroatoms. The van der Waals surface area contributed by atoms with E-state index in [1.807, 2.05) is 37.3 Å². The molecule has 0 aliphatic carbocycles. The van der Waals surface area contributed by atoms with Crippen LogP contribution in [0.2, 0.25) is 0 Å². The molecule has 0 amide bonds. The van der Waals surface area contributed by atoms with Gasteiger partial charge >= 0.3 is 5.97 Å². The molecule has 0 fully saturated rings. The van der Waals surface area contributed by atoms with Crippen molar-refractivity contribution in [3.63, 3.8) is 0 Å². The van der Waals surface area contributed by atoms with Gasteiger partial charge in [0.2, 0.25) is 0 Å². The highest BCUT2D eigenvalue weighted by Gasteiger charge is 2.20. The van der Waals surface area contributed by atoms with E-state index in [9.17, 15) is 15.0 Å². The second kappa shape index (κ2) is 7.13. The van der Waals surface area contributed by atoms with Gasteiger partial charge in [-0.25, -0.2) is 0 Å². The Labute approximate surface area is 108 Å². The molecule has 100 valence electrons. The van der Waals surface area contributed by atoms with Crippen LogP contribution in [0.3, 0.4) is 0 Å². The molecule has 0 heterocycles. The highest BCUT2D eigenvalue weighted by Crippen LogP contribution is 2.15. The van der Waals surface area contributed by atoms with E-state index in [-0.39, 0.29) is 12.1 Å². The topological polar surface area (TPSA) is 69.6 Å². The molecule has 0 saturated heterocycles. The van der Waals surface area contributed by atoms with Crippen LogP contribution in [0.5, 0.6) is 0 Å². The van der Waals surface area contributed by atoms with Gasteiger partial charge in [0.25, 0.3) is 0 Å². The number of aliphatic hydroxyl groups is 1. The van der Waals surface area contributed by atoms with E-state index in [4.69, 9.17) is 0 Å². The lowest BCUT2D eigenvalue weighted by Gasteiger charge is -2.19. The molecule has 0 bridgehead atoms. The number of hydrogen-bond acceptors (Lipinski definition) is 3. The lowest BCUT2D eigenvalue weighted by atomic mass is 9.99. The number of carboxylic acid groups (broad SMARTS) is 1. The van der Waals surface area contributed by atoms with Crippen molar-refractivity contribution in [2.75, 3.05) is 6.54 Å². The van der Waals surface area contributed by atoms with E-state index >= 15 is 0 Å². The number of aliphatic carboxylic acids is 1. The van der Waals surface area contributed by atoms with Gasteiger partial charge in [0, 0.05) is 12.6 Å². The molecule has 1 aromatic rings. The van der Waals surface area contributed by atoms with Crippen molar-refractivity contribution in [2.24, 2.45) is 0 Å². The number of hydrogen-bond donors (Lipinski definition) is 3. The zero-order chi connectivity index (χ0) is 13.5. The van der Waals surface area contributed by atoms with E-state index in [0.717, 1.165) is 5.56 Å². The van der Waals surface area contributed by atoms with Gasteiger partial charge in [0.1, 0.15) is 0 Å². The molecule has 1 aromatic carbocycles. The lowest BCUT2D eigenvalue weighted by molar-refractivity contribution is -0.138. The molecule has 3 atom stereocenters. The first-order valence-electron chi connectivity index (χ1n) is 6.20. The van der Waals surface area contributed by atoms with Crippen LogP contribution in [0.4, 0.5) is 0 Å². The summed E-state index contributed by atoms with van der Waals surface area (Å²) in [5, 5.41) is 21.6. The summed E-state index contributed by atoms with van der Waals surface area (Å²) >= 11 is 0. The maximum absolute atomic E-state index is 11.2. The molecule has 0 aromatic heterocycles. The quantitative estimate of drug-likeness (QED) is 0.688. The standard InChI is InChI=1S/C14H21NO3/c1-10(8-11(2)16)15-9-13(14(17)18)12-6-4-3-5-7-12/h3-7,10-11,13,15-16H,8-9H2,1-2H3,(H,17,18). The molecule has 0 spiro atoms. The number of carbonyl (C=O) groups is 1. The van der Waals surface area contributed by atoms with Crippen LogP contribution in [0.25, 0.3) is 0 Å². The summed E-state index contributed by atoms with van der Waals surface area (Å²) in [6.45, 7) is 4.04. The van der Waals surface area contributed by atoms with E-state index in [1.54, 1.807) is 6.92 Å². The summed E-state index contributed by atoms with van der Waals surface area (Å²) in [5.74, 6) is -1.39. The minimum atomic E-state index is -0.835. The van der Waals surface area contributed by atoms with Crippen LogP contribution >= 0.6 is 0 Å². The highest BCUT2D eigenvalue weighted by molar-refractivity contribution is 5.76. The van der Waals surface area contributed by atoms with E-state index < -0.39 is 11.9 Å². The van der Waals surface area contributed by atoms with Crippen molar-refractivity contribution < 1.29 is 15.0 Å². The minimum Gasteiger partial charge on any atom is -0.481 e. The molecule has 0 saturated carbocycles. The fourth-order valence-corrected chi connectivity index (χ4v) is 1.95. The van der Waals surface area contributed by atoms with Crippen molar-refractivity contribution >= 4 is 5.97 Å². The van der Waals surface area contributed by atoms with Crippen LogP contribution in [-0.2, 0) is 4.79 Å². The Morgan fingerprint density at radius 1 is 1.28 bits per heavy atom. The van der Waals surface area contributed by atoms with Crippen LogP contribution in [0, 0.1) is 0 Å². The molecule has 0 aliphatic rings. The average Bonchev–Trinajstić information content (AvgIpc) is 2.29. The fraction of sp³-hybridized carbons (Fsp3) is 0.500. The van der Waals surface area contributed by atoms with Gasteiger partial charge < -0.3 is 15.5 Å². The number of aliphatic hydroxyl groups excluding tert-OH is 1. The van der Waals surface area contributed by atoms with Crippen LogP contribution in [-0.4, -0.2) is 34.9 Å².